The zero-order chi connectivity index (χ0) is 28.9. The van der Waals surface area contributed by atoms with Gasteiger partial charge < -0.3 is 20.5 Å². The molecule has 41 heavy (non-hydrogen) atoms. The molecule has 0 atom stereocenters. The molecular formula is C30H27FN4O5S. The average Bonchev–Trinajstić information content (AvgIpc) is 3.41. The number of carbonyl (C=O) groups is 3. The van der Waals surface area contributed by atoms with Crippen molar-refractivity contribution in [3.05, 3.63) is 87.8 Å². The maximum absolute atomic E-state index is 14.1. The summed E-state index contributed by atoms with van der Waals surface area (Å²) in [6.45, 7) is 1.85. The fourth-order valence-corrected chi connectivity index (χ4v) is 5.36. The largest absolute Gasteiger partial charge is 0.507 e. The van der Waals surface area contributed by atoms with Crippen LogP contribution in [0.1, 0.15) is 61.9 Å². The Morgan fingerprint density at radius 1 is 1.05 bits per heavy atom. The summed E-state index contributed by atoms with van der Waals surface area (Å²) in [6.07, 6.45) is 4.16. The Hall–Kier alpha value is -4.64. The maximum Gasteiger partial charge on any atom is 0.270 e. The number of phenolic OH excluding ortho intramolecular Hbond substituents is 1. The van der Waals surface area contributed by atoms with Crippen molar-refractivity contribution < 1.29 is 28.6 Å². The predicted molar refractivity (Wildman–Crippen MR) is 151 cm³/mol. The van der Waals surface area contributed by atoms with Gasteiger partial charge in [-0.2, -0.15) is 0 Å². The van der Waals surface area contributed by atoms with E-state index in [-0.39, 0.29) is 40.7 Å². The van der Waals surface area contributed by atoms with Crippen molar-refractivity contribution in [1.29, 1.82) is 0 Å². The molecule has 5 rings (SSSR count). The van der Waals surface area contributed by atoms with Crippen molar-refractivity contribution in [3.63, 3.8) is 0 Å². The molecule has 1 aliphatic carbocycles. The normalized spacial score (nSPS) is 16.5. The lowest BCUT2D eigenvalue weighted by Gasteiger charge is -2.29. The number of hydrogen-bond acceptors (Lipinski definition) is 8. The van der Waals surface area contributed by atoms with Crippen molar-refractivity contribution >= 4 is 29.4 Å². The molecule has 1 saturated carbocycles. The number of aromatic nitrogens is 2. The molecule has 4 aromatic rings. The van der Waals surface area contributed by atoms with E-state index < -0.39 is 11.7 Å². The Morgan fingerprint density at radius 3 is 2.44 bits per heavy atom. The topological polar surface area (TPSA) is 131 Å². The number of carbonyl (C=O) groups excluding carboxylic acids is 3. The summed E-state index contributed by atoms with van der Waals surface area (Å²) in [4.78, 5) is 45.0. The number of nitrogens with zero attached hydrogens (tertiary/aromatic N) is 2. The average molecular weight is 575 g/mol. The molecule has 210 valence electrons. The Morgan fingerprint density at radius 2 is 1.76 bits per heavy atom. The molecule has 2 amide bonds. The number of thiazole rings is 1. The molecule has 2 heterocycles. The first-order chi connectivity index (χ1) is 19.8. The van der Waals surface area contributed by atoms with Crippen LogP contribution in [-0.2, 0) is 0 Å². The number of nitrogens with one attached hydrogen (secondary N) is 2. The van der Waals surface area contributed by atoms with E-state index in [1.165, 1.54) is 17.4 Å². The van der Waals surface area contributed by atoms with Crippen LogP contribution >= 0.6 is 11.3 Å². The monoisotopic (exact) mass is 574 g/mol. The van der Waals surface area contributed by atoms with E-state index in [0.29, 0.717) is 54.5 Å². The molecule has 0 saturated heterocycles. The zero-order valence-electron chi connectivity index (χ0n) is 22.1. The summed E-state index contributed by atoms with van der Waals surface area (Å²) < 4.78 is 20.0. The Balaban J connectivity index is 1.24. The highest BCUT2D eigenvalue weighted by molar-refractivity contribution is 7.09. The number of aldehydes is 1. The third-order valence-electron chi connectivity index (χ3n) is 6.87. The first-order valence-electron chi connectivity index (χ1n) is 13.1. The third-order valence-corrected chi connectivity index (χ3v) is 7.64. The van der Waals surface area contributed by atoms with Gasteiger partial charge in [0.2, 0.25) is 5.88 Å². The minimum absolute atomic E-state index is 0.0219. The number of pyridine rings is 1. The van der Waals surface area contributed by atoms with Crippen molar-refractivity contribution in [1.82, 2.24) is 20.6 Å². The number of aryl methyl sites for hydroxylation is 1. The molecule has 0 bridgehead atoms. The second-order valence-electron chi connectivity index (χ2n) is 9.74. The lowest BCUT2D eigenvalue weighted by atomic mass is 9.91. The highest BCUT2D eigenvalue weighted by Gasteiger charge is 2.26. The number of phenols is 1. The van der Waals surface area contributed by atoms with Gasteiger partial charge in [-0.05, 0) is 62.4 Å². The number of halogens is 1. The summed E-state index contributed by atoms with van der Waals surface area (Å²) >= 11 is 1.42. The van der Waals surface area contributed by atoms with Crippen LogP contribution in [0.25, 0.3) is 11.1 Å². The van der Waals surface area contributed by atoms with Gasteiger partial charge in [0, 0.05) is 23.0 Å². The van der Waals surface area contributed by atoms with E-state index in [1.54, 1.807) is 41.8 Å². The van der Waals surface area contributed by atoms with Crippen LogP contribution in [0.2, 0.25) is 0 Å². The fraction of sp³-hybridized carbons (Fsp3) is 0.233. The van der Waals surface area contributed by atoms with Crippen LogP contribution < -0.4 is 15.4 Å². The van der Waals surface area contributed by atoms with Crippen molar-refractivity contribution in [2.45, 2.75) is 44.7 Å². The number of amides is 2. The zero-order valence-corrected chi connectivity index (χ0v) is 22.9. The lowest BCUT2D eigenvalue weighted by Crippen LogP contribution is -2.44. The quantitative estimate of drug-likeness (QED) is 0.239. The summed E-state index contributed by atoms with van der Waals surface area (Å²) in [5.41, 5.74) is 1.50. The van der Waals surface area contributed by atoms with E-state index >= 15 is 0 Å². The van der Waals surface area contributed by atoms with Gasteiger partial charge in [0.25, 0.3) is 11.8 Å². The minimum atomic E-state index is -0.685. The molecule has 0 radical (unpaired) electrons. The van der Waals surface area contributed by atoms with Gasteiger partial charge in [-0.25, -0.2) is 14.4 Å². The Bertz CT molecular complexity index is 1600. The highest BCUT2D eigenvalue weighted by atomic mass is 32.1. The second kappa shape index (κ2) is 12.3. The molecule has 1 fully saturated rings. The summed E-state index contributed by atoms with van der Waals surface area (Å²) in [6, 6.07) is 12.4. The number of para-hydroxylation sites is 1. The molecule has 0 unspecified atom stereocenters. The number of ether oxygens (including phenoxy) is 1. The van der Waals surface area contributed by atoms with E-state index in [4.69, 9.17) is 4.74 Å². The predicted octanol–water partition coefficient (Wildman–Crippen LogP) is 5.43. The summed E-state index contributed by atoms with van der Waals surface area (Å²) in [5, 5.41) is 18.9. The van der Waals surface area contributed by atoms with Gasteiger partial charge in [-0.1, -0.05) is 24.3 Å². The SMILES string of the molecule is Cc1nc(C(=O)NC2CCC(NC(=O)c3cc(F)cnc3Oc3cccc(-c4cccc(C=O)c4O)c3)CC2)cs1. The van der Waals surface area contributed by atoms with Gasteiger partial charge in [0.05, 0.1) is 16.8 Å². The van der Waals surface area contributed by atoms with Crippen molar-refractivity contribution in [3.8, 4) is 28.5 Å². The smallest absolute Gasteiger partial charge is 0.270 e. The first-order valence-corrected chi connectivity index (χ1v) is 13.9. The molecule has 2 aromatic heterocycles. The molecule has 0 spiro atoms. The van der Waals surface area contributed by atoms with Crippen molar-refractivity contribution in [2.24, 2.45) is 0 Å². The molecule has 1 aliphatic rings. The Kier molecular flexibility index (Phi) is 8.34. The molecule has 2 aromatic carbocycles. The fourth-order valence-electron chi connectivity index (χ4n) is 4.77. The van der Waals surface area contributed by atoms with Gasteiger partial charge in [0.1, 0.15) is 28.6 Å². The number of aromatic hydroxyl groups is 1. The van der Waals surface area contributed by atoms with Gasteiger partial charge in [-0.3, -0.25) is 14.4 Å². The van der Waals surface area contributed by atoms with Crippen LogP contribution in [0.15, 0.2) is 60.1 Å². The minimum Gasteiger partial charge on any atom is -0.507 e. The highest BCUT2D eigenvalue weighted by Crippen LogP contribution is 2.34. The van der Waals surface area contributed by atoms with E-state index in [2.05, 4.69) is 20.6 Å². The lowest BCUT2D eigenvalue weighted by molar-refractivity contribution is 0.0888. The number of hydrogen-bond donors (Lipinski definition) is 3. The Labute approximate surface area is 239 Å². The third kappa shape index (κ3) is 6.58. The van der Waals surface area contributed by atoms with Crippen LogP contribution in [0.3, 0.4) is 0 Å². The van der Waals surface area contributed by atoms with E-state index in [9.17, 15) is 23.9 Å². The molecule has 11 heteroatoms. The van der Waals surface area contributed by atoms with Crippen LogP contribution in [0.4, 0.5) is 4.39 Å². The van der Waals surface area contributed by atoms with Gasteiger partial charge in [0.15, 0.2) is 6.29 Å². The maximum atomic E-state index is 14.1. The first kappa shape index (κ1) is 27.9. The van der Waals surface area contributed by atoms with Gasteiger partial charge >= 0.3 is 0 Å². The van der Waals surface area contributed by atoms with Crippen LogP contribution in [0, 0.1) is 12.7 Å². The van der Waals surface area contributed by atoms with Gasteiger partial charge in [-0.15, -0.1) is 11.3 Å². The molecular weight excluding hydrogens is 547 g/mol. The molecule has 9 nitrogen and oxygen atoms in total. The summed E-state index contributed by atoms with van der Waals surface area (Å²) in [7, 11) is 0. The molecule has 3 N–H and O–H groups in total. The van der Waals surface area contributed by atoms with Crippen molar-refractivity contribution in [2.75, 3.05) is 0 Å². The van der Waals surface area contributed by atoms with E-state index in [1.807, 2.05) is 6.92 Å². The van der Waals surface area contributed by atoms with E-state index in [0.717, 1.165) is 17.3 Å². The summed E-state index contributed by atoms with van der Waals surface area (Å²) in [5.74, 6) is -1.35. The number of rotatable bonds is 8. The standard InChI is InChI=1S/C30H27FN4O5S/c1-17-33-26(16-41-17)29(39)35-22-10-8-21(9-11-22)34-28(38)25-13-20(31)14-32-30(25)40-23-6-2-4-18(12-23)24-7-3-5-19(15-36)27(24)37/h2-7,12-16,21-22,37H,8-11H2,1H3,(H,34,38)(H,35,39). The number of benzene rings is 2. The van der Waals surface area contributed by atoms with Crippen LogP contribution in [0.5, 0.6) is 17.4 Å². The second-order valence-corrected chi connectivity index (χ2v) is 10.8. The molecule has 0 aliphatic heterocycles. The van der Waals surface area contributed by atoms with Crippen LogP contribution in [-0.4, -0.2) is 45.3 Å².